The molecule has 0 radical (unpaired) electrons. The highest BCUT2D eigenvalue weighted by Gasteiger charge is 2.33. The molecule has 2 aromatic heterocycles. The zero-order valence-corrected chi connectivity index (χ0v) is 15.7. The molecule has 7 nitrogen and oxygen atoms in total. The van der Waals surface area contributed by atoms with Crippen LogP contribution in [-0.4, -0.2) is 42.9 Å². The summed E-state index contributed by atoms with van der Waals surface area (Å²) in [7, 11) is 1.88. The third-order valence-electron chi connectivity index (χ3n) is 5.25. The maximum atomic E-state index is 12.5. The van der Waals surface area contributed by atoms with E-state index >= 15 is 0 Å². The van der Waals surface area contributed by atoms with Crippen molar-refractivity contribution in [3.8, 4) is 11.4 Å². The van der Waals surface area contributed by atoms with Gasteiger partial charge in [0.2, 0.25) is 0 Å². The van der Waals surface area contributed by atoms with E-state index in [4.69, 9.17) is 4.98 Å². The molecule has 0 aliphatic heterocycles. The van der Waals surface area contributed by atoms with Crippen LogP contribution in [0.15, 0.2) is 54.9 Å². The van der Waals surface area contributed by atoms with Gasteiger partial charge in [0, 0.05) is 36.5 Å². The maximum absolute atomic E-state index is 12.5. The van der Waals surface area contributed by atoms with E-state index in [-0.39, 0.29) is 17.9 Å². The number of carbonyl (C=O) groups excluding carboxylic acids is 1. The number of carbonyl (C=O) groups is 1. The molecule has 28 heavy (non-hydrogen) atoms. The summed E-state index contributed by atoms with van der Waals surface area (Å²) in [6.07, 6.45) is 4.94. The molecule has 2 heterocycles. The average molecular weight is 377 g/mol. The lowest BCUT2D eigenvalue weighted by atomic mass is 9.83. The fraction of sp³-hybridized carbons (Fsp3) is 0.333. The van der Waals surface area contributed by atoms with Gasteiger partial charge in [-0.1, -0.05) is 18.2 Å². The van der Waals surface area contributed by atoms with Crippen molar-refractivity contribution in [2.75, 3.05) is 0 Å². The summed E-state index contributed by atoms with van der Waals surface area (Å²) in [4.78, 5) is 21.3. The van der Waals surface area contributed by atoms with E-state index in [9.17, 15) is 9.90 Å². The van der Waals surface area contributed by atoms with E-state index < -0.39 is 6.10 Å². The van der Waals surface area contributed by atoms with Crippen molar-refractivity contribution in [2.45, 2.75) is 37.3 Å². The third kappa shape index (κ3) is 3.80. The summed E-state index contributed by atoms with van der Waals surface area (Å²) in [6, 6.07) is 12.5. The second-order valence-corrected chi connectivity index (χ2v) is 7.18. The first-order valence-corrected chi connectivity index (χ1v) is 9.47. The first-order chi connectivity index (χ1) is 13.6. The molecule has 1 aliphatic rings. The molecule has 0 bridgehead atoms. The van der Waals surface area contributed by atoms with Gasteiger partial charge in [-0.25, -0.2) is 4.98 Å². The predicted octanol–water partition coefficient (Wildman–Crippen LogP) is 2.30. The van der Waals surface area contributed by atoms with Gasteiger partial charge in [0.25, 0.3) is 5.91 Å². The van der Waals surface area contributed by atoms with Gasteiger partial charge < -0.3 is 10.4 Å². The van der Waals surface area contributed by atoms with Crippen LogP contribution in [0.1, 0.15) is 41.4 Å². The van der Waals surface area contributed by atoms with E-state index in [2.05, 4.69) is 15.4 Å². The summed E-state index contributed by atoms with van der Waals surface area (Å²) in [5.74, 6) is 1.46. The zero-order chi connectivity index (χ0) is 19.5. The monoisotopic (exact) mass is 377 g/mol. The normalized spacial score (nSPS) is 22.0. The van der Waals surface area contributed by atoms with Crippen LogP contribution in [0.4, 0.5) is 0 Å². The highest BCUT2D eigenvalue weighted by Crippen LogP contribution is 2.33. The van der Waals surface area contributed by atoms with Crippen molar-refractivity contribution in [1.82, 2.24) is 25.1 Å². The Labute approximate surface area is 163 Å². The van der Waals surface area contributed by atoms with Crippen LogP contribution < -0.4 is 5.32 Å². The number of aromatic nitrogens is 4. The van der Waals surface area contributed by atoms with Crippen LogP contribution in [0.25, 0.3) is 11.4 Å². The van der Waals surface area contributed by atoms with Crippen LogP contribution >= 0.6 is 0 Å². The van der Waals surface area contributed by atoms with Crippen molar-refractivity contribution in [3.63, 3.8) is 0 Å². The van der Waals surface area contributed by atoms with Crippen LogP contribution in [0.3, 0.4) is 0 Å². The predicted molar refractivity (Wildman–Crippen MR) is 105 cm³/mol. The lowest BCUT2D eigenvalue weighted by Gasteiger charge is -2.33. The largest absolute Gasteiger partial charge is 0.391 e. The smallest absolute Gasteiger partial charge is 0.251 e. The molecule has 2 N–H and O–H groups in total. The molecule has 1 aliphatic carbocycles. The van der Waals surface area contributed by atoms with Crippen LogP contribution in [0.5, 0.6) is 0 Å². The van der Waals surface area contributed by atoms with Crippen molar-refractivity contribution >= 4 is 5.91 Å². The minimum atomic E-state index is -0.560. The van der Waals surface area contributed by atoms with Crippen LogP contribution in [0.2, 0.25) is 0 Å². The number of aliphatic hydroxyl groups is 1. The van der Waals surface area contributed by atoms with E-state index in [0.29, 0.717) is 24.2 Å². The molecule has 1 aromatic carbocycles. The Morgan fingerprint density at radius 3 is 2.75 bits per heavy atom. The second kappa shape index (κ2) is 7.90. The van der Waals surface area contributed by atoms with Gasteiger partial charge >= 0.3 is 0 Å². The quantitative estimate of drug-likeness (QED) is 0.728. The molecule has 1 saturated carbocycles. The van der Waals surface area contributed by atoms with Gasteiger partial charge in [-0.3, -0.25) is 14.5 Å². The maximum Gasteiger partial charge on any atom is 0.251 e. The molecule has 7 heteroatoms. The number of rotatable bonds is 4. The number of nitrogens with one attached hydrogen (secondary N) is 1. The molecule has 144 valence electrons. The van der Waals surface area contributed by atoms with Gasteiger partial charge in [-0.2, -0.15) is 5.10 Å². The van der Waals surface area contributed by atoms with Crippen molar-refractivity contribution in [1.29, 1.82) is 0 Å². The standard InChI is InChI=1S/C21H23N5O2/c1-26-20(24-19(25-26)16-8-5-11-22-13-16)15-9-10-18(27)17(12-15)23-21(28)14-6-3-2-4-7-14/h2-8,11,13,15,17-18,27H,9-10,12H2,1H3,(H,23,28)/t15-,17+,18+/m0/s1. The highest BCUT2D eigenvalue weighted by molar-refractivity contribution is 5.94. The van der Waals surface area contributed by atoms with Crippen LogP contribution in [-0.2, 0) is 7.05 Å². The van der Waals surface area contributed by atoms with Gasteiger partial charge in [0.05, 0.1) is 12.1 Å². The summed E-state index contributed by atoms with van der Waals surface area (Å²) in [5, 5.41) is 17.9. The Balaban J connectivity index is 1.50. The summed E-state index contributed by atoms with van der Waals surface area (Å²) in [6.45, 7) is 0. The Bertz CT molecular complexity index is 942. The fourth-order valence-electron chi connectivity index (χ4n) is 3.75. The summed E-state index contributed by atoms with van der Waals surface area (Å²) < 4.78 is 1.79. The SMILES string of the molecule is Cn1nc(-c2cccnc2)nc1[C@H]1CC[C@@H](O)[C@H](NC(=O)c2ccccc2)C1. The summed E-state index contributed by atoms with van der Waals surface area (Å²) in [5.41, 5.74) is 1.46. The Hall–Kier alpha value is -3.06. The third-order valence-corrected chi connectivity index (χ3v) is 5.25. The zero-order valence-electron chi connectivity index (χ0n) is 15.7. The number of nitrogens with zero attached hydrogens (tertiary/aromatic N) is 4. The number of aliphatic hydroxyl groups excluding tert-OH is 1. The highest BCUT2D eigenvalue weighted by atomic mass is 16.3. The molecular weight excluding hydrogens is 354 g/mol. The van der Waals surface area contributed by atoms with Gasteiger partial charge in [-0.15, -0.1) is 0 Å². The number of amides is 1. The molecular formula is C21H23N5O2. The second-order valence-electron chi connectivity index (χ2n) is 7.18. The van der Waals surface area contributed by atoms with Gasteiger partial charge in [0.15, 0.2) is 5.82 Å². The Morgan fingerprint density at radius 2 is 2.00 bits per heavy atom. The Kier molecular flexibility index (Phi) is 5.16. The summed E-state index contributed by atoms with van der Waals surface area (Å²) >= 11 is 0. The van der Waals surface area contributed by atoms with Gasteiger partial charge in [0.1, 0.15) is 5.82 Å². The van der Waals surface area contributed by atoms with Crippen molar-refractivity contribution in [2.24, 2.45) is 7.05 Å². The van der Waals surface area contributed by atoms with Gasteiger partial charge in [-0.05, 0) is 43.5 Å². The minimum absolute atomic E-state index is 0.118. The van der Waals surface area contributed by atoms with E-state index in [1.54, 1.807) is 29.2 Å². The molecule has 3 aromatic rings. The molecule has 3 atom stereocenters. The van der Waals surface area contributed by atoms with Crippen molar-refractivity contribution in [3.05, 3.63) is 66.2 Å². The average Bonchev–Trinajstić information content (AvgIpc) is 3.12. The first kappa shape index (κ1) is 18.3. The lowest BCUT2D eigenvalue weighted by molar-refractivity contribution is 0.0669. The van der Waals surface area contributed by atoms with Crippen LogP contribution in [0, 0.1) is 0 Å². The van der Waals surface area contributed by atoms with E-state index in [0.717, 1.165) is 17.8 Å². The van der Waals surface area contributed by atoms with Crippen molar-refractivity contribution < 1.29 is 9.90 Å². The topological polar surface area (TPSA) is 92.9 Å². The molecule has 0 unspecified atom stereocenters. The first-order valence-electron chi connectivity index (χ1n) is 9.47. The number of pyridine rings is 1. The Morgan fingerprint density at radius 1 is 1.18 bits per heavy atom. The molecule has 1 fully saturated rings. The fourth-order valence-corrected chi connectivity index (χ4v) is 3.75. The number of hydrogen-bond donors (Lipinski definition) is 2. The lowest BCUT2D eigenvalue weighted by Crippen LogP contribution is -2.46. The van der Waals surface area contributed by atoms with E-state index in [1.165, 1.54) is 0 Å². The minimum Gasteiger partial charge on any atom is -0.391 e. The molecule has 0 spiro atoms. The molecule has 0 saturated heterocycles. The number of hydrogen-bond acceptors (Lipinski definition) is 5. The number of benzene rings is 1. The number of aryl methyl sites for hydroxylation is 1. The molecule has 4 rings (SSSR count). The molecule has 1 amide bonds. The van der Waals surface area contributed by atoms with E-state index in [1.807, 2.05) is 37.4 Å².